The maximum atomic E-state index is 13.2. The molecule has 0 aliphatic heterocycles. The van der Waals surface area contributed by atoms with Gasteiger partial charge >= 0.3 is 0 Å². The Hall–Kier alpha value is -4.32. The monoisotopic (exact) mass is 924 g/mol. The summed E-state index contributed by atoms with van der Waals surface area (Å²) < 4.78 is 71.1. The zero-order valence-corrected chi connectivity index (χ0v) is 35.0. The van der Waals surface area contributed by atoms with Crippen molar-refractivity contribution >= 4 is 107 Å². The van der Waals surface area contributed by atoms with Crippen LogP contribution in [0.2, 0.25) is 0 Å². The highest BCUT2D eigenvalue weighted by atomic mass is 79.9. The molecule has 4 aromatic heterocycles. The van der Waals surface area contributed by atoms with Gasteiger partial charge in [-0.1, -0.05) is 107 Å². The second-order valence-corrected chi connectivity index (χ2v) is 19.2. The van der Waals surface area contributed by atoms with E-state index in [4.69, 9.17) is 9.05 Å². The highest BCUT2D eigenvalue weighted by Gasteiger charge is 2.29. The SMILES string of the molecule is Cc1noc(NS(=O)(=O)c2c(Cc3ccccc3)sc3ccccc23)c1Br.Cc1noc(NS(=O)(=O)c2c(Cc3ccccc3)sc3ccccc23)c1Br. The van der Waals surface area contributed by atoms with Crippen molar-refractivity contribution in [3.05, 3.63) is 150 Å². The minimum atomic E-state index is -3.86. The Bertz CT molecular complexity index is 2620. The number of sulfonamides is 2. The molecule has 0 atom stereocenters. The van der Waals surface area contributed by atoms with E-state index < -0.39 is 20.0 Å². The molecule has 0 amide bonds. The third-order valence-electron chi connectivity index (χ3n) is 8.22. The Morgan fingerprint density at radius 2 is 0.907 bits per heavy atom. The number of hydrogen-bond acceptors (Lipinski definition) is 10. The average Bonchev–Trinajstić information content (AvgIpc) is 3.90. The molecule has 0 spiro atoms. The lowest BCUT2D eigenvalue weighted by Gasteiger charge is -2.08. The predicted octanol–water partition coefficient (Wildman–Crippen LogP) is 10.7. The fraction of sp³-hybridized carbons (Fsp3) is 0.105. The van der Waals surface area contributed by atoms with Crippen molar-refractivity contribution < 1.29 is 25.9 Å². The molecule has 0 aliphatic rings. The van der Waals surface area contributed by atoms with Gasteiger partial charge in [-0.15, -0.1) is 22.7 Å². The molecule has 54 heavy (non-hydrogen) atoms. The highest BCUT2D eigenvalue weighted by Crippen LogP contribution is 2.39. The maximum Gasteiger partial charge on any atom is 0.266 e. The Morgan fingerprint density at radius 1 is 0.556 bits per heavy atom. The molecule has 4 aromatic carbocycles. The zero-order valence-electron chi connectivity index (χ0n) is 28.5. The van der Waals surface area contributed by atoms with E-state index in [1.807, 2.05) is 109 Å². The lowest BCUT2D eigenvalue weighted by atomic mass is 10.1. The van der Waals surface area contributed by atoms with Crippen LogP contribution in [0.1, 0.15) is 32.3 Å². The third kappa shape index (κ3) is 8.04. The first-order valence-corrected chi connectivity index (χ1v) is 22.5. The fourth-order valence-electron chi connectivity index (χ4n) is 5.72. The van der Waals surface area contributed by atoms with Gasteiger partial charge in [0.2, 0.25) is 0 Å². The second kappa shape index (κ2) is 15.8. The standard InChI is InChI=1S/2C19H15BrN2O3S2/c2*1-12-17(20)19(25-21-12)22-27(23,24)18-14-9-5-6-10-15(14)26-16(18)11-13-7-3-2-4-8-13/h2*2-10,22H,11H2,1H3. The first-order chi connectivity index (χ1) is 25.9. The van der Waals surface area contributed by atoms with Gasteiger partial charge in [0.1, 0.15) is 18.7 Å². The van der Waals surface area contributed by atoms with Gasteiger partial charge in [-0.3, -0.25) is 0 Å². The van der Waals surface area contributed by atoms with Gasteiger partial charge < -0.3 is 9.05 Å². The van der Waals surface area contributed by atoms with Crippen LogP contribution in [0.4, 0.5) is 11.8 Å². The molecule has 10 nitrogen and oxygen atoms in total. The predicted molar refractivity (Wildman–Crippen MR) is 222 cm³/mol. The Labute approximate surface area is 336 Å². The second-order valence-electron chi connectivity index (χ2n) is 12.1. The number of fused-ring (bicyclic) bond motifs is 2. The van der Waals surface area contributed by atoms with Crippen molar-refractivity contribution in [2.75, 3.05) is 9.44 Å². The fourth-order valence-corrected chi connectivity index (χ4v) is 12.4. The van der Waals surface area contributed by atoms with E-state index >= 15 is 0 Å². The number of hydrogen-bond donors (Lipinski definition) is 2. The first kappa shape index (κ1) is 38.0. The summed E-state index contributed by atoms with van der Waals surface area (Å²) in [5.41, 5.74) is 3.26. The van der Waals surface area contributed by atoms with Crippen molar-refractivity contribution in [3.8, 4) is 0 Å². The zero-order chi connectivity index (χ0) is 38.0. The van der Waals surface area contributed by atoms with E-state index in [1.54, 1.807) is 13.8 Å². The molecular weight excluding hydrogens is 897 g/mol. The van der Waals surface area contributed by atoms with Crippen LogP contribution in [-0.2, 0) is 32.9 Å². The minimum Gasteiger partial charge on any atom is -0.336 e. The Balaban J connectivity index is 0.000000167. The number of aryl methyl sites for hydroxylation is 2. The van der Waals surface area contributed by atoms with Gasteiger partial charge in [0.05, 0.1) is 11.4 Å². The molecule has 8 rings (SSSR count). The molecule has 8 aromatic rings. The van der Waals surface area contributed by atoms with Gasteiger partial charge in [0.15, 0.2) is 0 Å². The van der Waals surface area contributed by atoms with E-state index in [0.29, 0.717) is 43.9 Å². The molecule has 0 unspecified atom stereocenters. The quantitative estimate of drug-likeness (QED) is 0.138. The molecule has 0 radical (unpaired) electrons. The lowest BCUT2D eigenvalue weighted by Crippen LogP contribution is -2.14. The van der Waals surface area contributed by atoms with Gasteiger partial charge in [-0.2, -0.15) is 0 Å². The van der Waals surface area contributed by atoms with Crippen LogP contribution in [-0.4, -0.2) is 27.1 Å². The van der Waals surface area contributed by atoms with E-state index in [-0.39, 0.29) is 21.6 Å². The van der Waals surface area contributed by atoms with Crippen molar-refractivity contribution in [1.82, 2.24) is 10.3 Å². The van der Waals surface area contributed by atoms with E-state index in [2.05, 4.69) is 51.6 Å². The van der Waals surface area contributed by atoms with Crippen LogP contribution in [0, 0.1) is 13.8 Å². The maximum absolute atomic E-state index is 13.2. The van der Waals surface area contributed by atoms with Crippen molar-refractivity contribution in [1.29, 1.82) is 0 Å². The summed E-state index contributed by atoms with van der Waals surface area (Å²) in [5.74, 6) is 0.155. The molecule has 16 heteroatoms. The highest BCUT2D eigenvalue weighted by molar-refractivity contribution is 9.11. The van der Waals surface area contributed by atoms with Crippen LogP contribution in [0.5, 0.6) is 0 Å². The summed E-state index contributed by atoms with van der Waals surface area (Å²) >= 11 is 9.59. The molecule has 2 N–H and O–H groups in total. The van der Waals surface area contributed by atoms with Gasteiger partial charge in [-0.05, 0) is 69.0 Å². The van der Waals surface area contributed by atoms with Gasteiger partial charge in [0, 0.05) is 42.8 Å². The first-order valence-electron chi connectivity index (χ1n) is 16.3. The Kier molecular flexibility index (Phi) is 11.1. The number of halogens is 2. The summed E-state index contributed by atoms with van der Waals surface area (Å²) in [4.78, 5) is 2.13. The van der Waals surface area contributed by atoms with E-state index in [9.17, 15) is 16.8 Å². The number of nitrogens with zero attached hydrogens (tertiary/aromatic N) is 2. The minimum absolute atomic E-state index is 0.0773. The van der Waals surface area contributed by atoms with Crippen molar-refractivity contribution in [3.63, 3.8) is 0 Å². The number of nitrogens with one attached hydrogen (secondary N) is 2. The largest absolute Gasteiger partial charge is 0.336 e. The van der Waals surface area contributed by atoms with Crippen LogP contribution in [0.25, 0.3) is 20.2 Å². The average molecular weight is 927 g/mol. The number of benzene rings is 4. The number of thiophene rings is 2. The molecule has 0 bridgehead atoms. The number of rotatable bonds is 10. The number of aromatic nitrogens is 2. The lowest BCUT2D eigenvalue weighted by molar-refractivity contribution is 0.430. The molecule has 276 valence electrons. The molecule has 4 heterocycles. The van der Waals surface area contributed by atoms with Crippen molar-refractivity contribution in [2.45, 2.75) is 36.5 Å². The van der Waals surface area contributed by atoms with Gasteiger partial charge in [-0.25, -0.2) is 26.3 Å². The van der Waals surface area contributed by atoms with Crippen LogP contribution in [0.3, 0.4) is 0 Å². The molecule has 0 aliphatic carbocycles. The van der Waals surface area contributed by atoms with Crippen LogP contribution in [0.15, 0.2) is 137 Å². The molecule has 0 saturated carbocycles. The summed E-state index contributed by atoms with van der Waals surface area (Å²) in [6, 6.07) is 34.7. The number of anilines is 2. The van der Waals surface area contributed by atoms with E-state index in [0.717, 1.165) is 30.3 Å². The van der Waals surface area contributed by atoms with Crippen LogP contribution >= 0.6 is 54.5 Å². The summed E-state index contributed by atoms with van der Waals surface area (Å²) in [5, 5.41) is 8.98. The molecule has 0 fully saturated rings. The molecular formula is C38H30Br2N4O6S4. The normalized spacial score (nSPS) is 11.8. The smallest absolute Gasteiger partial charge is 0.266 e. The van der Waals surface area contributed by atoms with E-state index in [1.165, 1.54) is 22.7 Å². The molecule has 0 saturated heterocycles. The summed E-state index contributed by atoms with van der Waals surface area (Å²) in [6.07, 6.45) is 1.07. The van der Waals surface area contributed by atoms with Crippen molar-refractivity contribution in [2.24, 2.45) is 0 Å². The summed E-state index contributed by atoms with van der Waals surface area (Å²) in [7, 11) is -7.72. The van der Waals surface area contributed by atoms with Crippen LogP contribution < -0.4 is 9.44 Å². The van der Waals surface area contributed by atoms with Gasteiger partial charge in [0.25, 0.3) is 31.8 Å². The summed E-state index contributed by atoms with van der Waals surface area (Å²) in [6.45, 7) is 3.46. The Morgan fingerprint density at radius 3 is 1.26 bits per heavy atom. The topological polar surface area (TPSA) is 144 Å². The third-order valence-corrected chi connectivity index (χ3v) is 15.6.